The minimum atomic E-state index is -4.13. The van der Waals surface area contributed by atoms with E-state index in [1.165, 1.54) is 10.4 Å². The fraction of sp³-hybridized carbons (Fsp3) is 0.176. The highest BCUT2D eigenvalue weighted by Gasteiger charge is 2.28. The van der Waals surface area contributed by atoms with Gasteiger partial charge < -0.3 is 14.8 Å². The molecule has 0 atom stereocenters. The maximum Gasteiger partial charge on any atom is 0.244 e. The van der Waals surface area contributed by atoms with E-state index in [1.54, 1.807) is 81.9 Å². The Morgan fingerprint density at radius 3 is 2.00 bits per heavy atom. The van der Waals surface area contributed by atoms with Crippen molar-refractivity contribution in [1.82, 2.24) is 9.29 Å². The van der Waals surface area contributed by atoms with E-state index < -0.39 is 10.0 Å². The van der Waals surface area contributed by atoms with Crippen molar-refractivity contribution in [3.05, 3.63) is 125 Å². The smallest absolute Gasteiger partial charge is 0.244 e. The van der Waals surface area contributed by atoms with E-state index in [2.05, 4.69) is 10.3 Å². The van der Waals surface area contributed by atoms with Crippen LogP contribution in [0.15, 0.2) is 102 Å². The number of rotatable bonds is 11. The zero-order valence-electron chi connectivity index (χ0n) is 24.6. The van der Waals surface area contributed by atoms with Crippen LogP contribution in [0, 0.1) is 6.92 Å². The molecule has 0 spiro atoms. The van der Waals surface area contributed by atoms with Crippen molar-refractivity contribution >= 4 is 44.0 Å². The number of pyridine rings is 1. The van der Waals surface area contributed by atoms with Crippen LogP contribution in [0.25, 0.3) is 10.8 Å². The van der Waals surface area contributed by atoms with E-state index in [-0.39, 0.29) is 30.3 Å². The molecule has 0 unspecified atom stereocenters. The van der Waals surface area contributed by atoms with E-state index in [1.807, 2.05) is 30.3 Å². The maximum absolute atomic E-state index is 14.6. The largest absolute Gasteiger partial charge is 0.497 e. The lowest BCUT2D eigenvalue weighted by molar-refractivity contribution is -0.115. The SMILES string of the molecule is COc1ccc(CN(Cc2ccc(OC)cc2)S(=O)(=O)c2cc(NC(=O)Cc3ccccc3Cl)cc3c(C)nccc23)cc1. The number of nitrogens with zero attached hydrogens (tertiary/aromatic N) is 2. The summed E-state index contributed by atoms with van der Waals surface area (Å²) in [4.78, 5) is 17.5. The first-order valence-electron chi connectivity index (χ1n) is 13.9. The summed E-state index contributed by atoms with van der Waals surface area (Å²) in [5.74, 6) is 1.02. The summed E-state index contributed by atoms with van der Waals surface area (Å²) in [5.41, 5.74) is 3.22. The number of carbonyl (C=O) groups excluding carboxylic acids is 1. The number of ether oxygens (including phenoxy) is 2. The second-order valence-corrected chi connectivity index (χ2v) is 12.6. The average Bonchev–Trinajstić information content (AvgIpc) is 3.02. The molecule has 0 aliphatic heterocycles. The van der Waals surface area contributed by atoms with Crippen molar-refractivity contribution < 1.29 is 22.7 Å². The van der Waals surface area contributed by atoms with Crippen LogP contribution >= 0.6 is 11.6 Å². The summed E-state index contributed by atoms with van der Waals surface area (Å²) >= 11 is 6.27. The van der Waals surface area contributed by atoms with Crippen LogP contribution in [0.1, 0.15) is 22.4 Å². The number of nitrogens with one attached hydrogen (secondary N) is 1. The Morgan fingerprint density at radius 2 is 1.43 bits per heavy atom. The monoisotopic (exact) mass is 629 g/mol. The number of anilines is 1. The molecule has 0 bridgehead atoms. The first-order chi connectivity index (χ1) is 21.2. The predicted molar refractivity (Wildman–Crippen MR) is 173 cm³/mol. The van der Waals surface area contributed by atoms with E-state index in [0.29, 0.717) is 44.2 Å². The first kappa shape index (κ1) is 31.0. The van der Waals surface area contributed by atoms with Gasteiger partial charge in [0.15, 0.2) is 0 Å². The molecule has 0 radical (unpaired) electrons. The molecular weight excluding hydrogens is 598 g/mol. The third-order valence-corrected chi connectivity index (χ3v) is 9.49. The quantitative estimate of drug-likeness (QED) is 0.173. The van der Waals surface area contributed by atoms with E-state index in [9.17, 15) is 13.2 Å². The van der Waals surface area contributed by atoms with Crippen LogP contribution in [-0.4, -0.2) is 37.8 Å². The third-order valence-electron chi connectivity index (χ3n) is 7.29. The van der Waals surface area contributed by atoms with Gasteiger partial charge in [-0.25, -0.2) is 8.42 Å². The normalized spacial score (nSPS) is 11.5. The molecule has 0 fully saturated rings. The Morgan fingerprint density at radius 1 is 0.841 bits per heavy atom. The molecule has 0 saturated heterocycles. The number of benzene rings is 4. The zero-order chi connectivity index (χ0) is 31.3. The van der Waals surface area contributed by atoms with Crippen molar-refractivity contribution in [2.45, 2.75) is 31.3 Å². The van der Waals surface area contributed by atoms with Gasteiger partial charge in [0.25, 0.3) is 0 Å². The highest BCUT2D eigenvalue weighted by molar-refractivity contribution is 7.89. The predicted octanol–water partition coefficient (Wildman–Crippen LogP) is 6.79. The molecule has 1 amide bonds. The number of fused-ring (bicyclic) bond motifs is 1. The van der Waals surface area contributed by atoms with Crippen LogP contribution in [0.2, 0.25) is 5.02 Å². The lowest BCUT2D eigenvalue weighted by Gasteiger charge is -2.24. The molecule has 5 rings (SSSR count). The molecule has 226 valence electrons. The van der Waals surface area contributed by atoms with Gasteiger partial charge in [-0.2, -0.15) is 4.31 Å². The minimum absolute atomic E-state index is 0.0346. The molecule has 1 aromatic heterocycles. The molecule has 1 N–H and O–H groups in total. The van der Waals surface area contributed by atoms with Gasteiger partial charge in [0.2, 0.25) is 15.9 Å². The number of hydrogen-bond donors (Lipinski definition) is 1. The van der Waals surface area contributed by atoms with Gasteiger partial charge in [0.05, 0.1) is 25.5 Å². The van der Waals surface area contributed by atoms with E-state index in [0.717, 1.165) is 11.1 Å². The van der Waals surface area contributed by atoms with Gasteiger partial charge in [0.1, 0.15) is 11.5 Å². The standard InChI is InChI=1S/C34H32ClN3O5S/c1-23-31-19-27(37-34(39)18-26-6-4-5-7-32(26)35)20-33(30(31)16-17-36-23)44(40,41)38(21-24-8-12-28(42-2)13-9-24)22-25-10-14-29(43-3)15-11-25/h4-17,19-20H,18,21-22H2,1-3H3,(H,37,39). The molecule has 0 aliphatic rings. The number of amides is 1. The maximum atomic E-state index is 14.6. The van der Waals surface area contributed by atoms with Gasteiger partial charge in [-0.3, -0.25) is 9.78 Å². The number of carbonyl (C=O) groups is 1. The van der Waals surface area contributed by atoms with Crippen LogP contribution in [0.3, 0.4) is 0 Å². The van der Waals surface area contributed by atoms with Gasteiger partial charge in [-0.15, -0.1) is 0 Å². The van der Waals surface area contributed by atoms with Gasteiger partial charge in [-0.1, -0.05) is 54.1 Å². The van der Waals surface area contributed by atoms with Crippen LogP contribution in [0.5, 0.6) is 11.5 Å². The summed E-state index contributed by atoms with van der Waals surface area (Å²) in [6.07, 6.45) is 1.62. The lowest BCUT2D eigenvalue weighted by atomic mass is 10.1. The molecule has 1 heterocycles. The highest BCUT2D eigenvalue weighted by Crippen LogP contribution is 2.33. The van der Waals surface area contributed by atoms with Crippen LogP contribution in [0.4, 0.5) is 5.69 Å². The number of methoxy groups -OCH3 is 2. The summed E-state index contributed by atoms with van der Waals surface area (Å²) < 4.78 is 41.2. The Labute approximate surface area is 262 Å². The van der Waals surface area contributed by atoms with Crippen LogP contribution in [-0.2, 0) is 34.3 Å². The molecule has 0 aliphatic carbocycles. The summed E-state index contributed by atoms with van der Waals surface area (Å²) in [7, 11) is -0.963. The fourth-order valence-electron chi connectivity index (χ4n) is 4.93. The third kappa shape index (κ3) is 7.02. The first-order valence-corrected chi connectivity index (χ1v) is 15.7. The van der Waals surface area contributed by atoms with Crippen molar-refractivity contribution in [3.63, 3.8) is 0 Å². The fourth-order valence-corrected chi connectivity index (χ4v) is 6.78. The molecule has 44 heavy (non-hydrogen) atoms. The number of aryl methyl sites for hydroxylation is 1. The Kier molecular flexibility index (Phi) is 9.49. The number of hydrogen-bond acceptors (Lipinski definition) is 6. The molecule has 4 aromatic carbocycles. The van der Waals surface area contributed by atoms with Crippen LogP contribution < -0.4 is 14.8 Å². The molecular formula is C34H32ClN3O5S. The number of aromatic nitrogens is 1. The number of halogens is 1. The van der Waals surface area contributed by atoms with Gasteiger partial charge >= 0.3 is 0 Å². The summed E-state index contributed by atoms with van der Waals surface area (Å²) in [6.45, 7) is 2.01. The topological polar surface area (TPSA) is 97.8 Å². The highest BCUT2D eigenvalue weighted by atomic mass is 35.5. The molecule has 0 saturated carbocycles. The summed E-state index contributed by atoms with van der Waals surface area (Å²) in [6, 6.07) is 26.6. The molecule has 10 heteroatoms. The van der Waals surface area contributed by atoms with Crippen molar-refractivity contribution in [1.29, 1.82) is 0 Å². The molecule has 5 aromatic rings. The van der Waals surface area contributed by atoms with Crippen molar-refractivity contribution in [2.75, 3.05) is 19.5 Å². The van der Waals surface area contributed by atoms with Gasteiger partial charge in [-0.05, 0) is 72.1 Å². The zero-order valence-corrected chi connectivity index (χ0v) is 26.2. The Balaban J connectivity index is 1.56. The Hall–Kier alpha value is -4.44. The van der Waals surface area contributed by atoms with Crippen molar-refractivity contribution in [3.8, 4) is 11.5 Å². The minimum Gasteiger partial charge on any atom is -0.497 e. The average molecular weight is 630 g/mol. The van der Waals surface area contributed by atoms with E-state index >= 15 is 0 Å². The second-order valence-electron chi connectivity index (χ2n) is 10.3. The summed E-state index contributed by atoms with van der Waals surface area (Å²) in [5, 5.41) is 4.49. The van der Waals surface area contributed by atoms with Gasteiger partial charge in [0, 0.05) is 46.5 Å². The van der Waals surface area contributed by atoms with E-state index in [4.69, 9.17) is 21.1 Å². The number of sulfonamides is 1. The Bertz CT molecular complexity index is 1850. The molecule has 8 nitrogen and oxygen atoms in total. The van der Waals surface area contributed by atoms with Crippen molar-refractivity contribution in [2.24, 2.45) is 0 Å². The lowest BCUT2D eigenvalue weighted by Crippen LogP contribution is -2.30. The second kappa shape index (κ2) is 13.5.